The average molecular weight is 495 g/mol. The summed E-state index contributed by atoms with van der Waals surface area (Å²) in [5, 5.41) is 3.27. The fourth-order valence-corrected chi connectivity index (χ4v) is 4.32. The Morgan fingerprint density at radius 3 is 2.31 bits per heavy atom. The van der Waals surface area contributed by atoms with Crippen molar-refractivity contribution in [3.63, 3.8) is 0 Å². The number of hydrogen-bond donors (Lipinski definition) is 1. The zero-order valence-corrected chi connectivity index (χ0v) is 21.7. The van der Waals surface area contributed by atoms with Crippen molar-refractivity contribution in [1.29, 1.82) is 0 Å². The number of benzene rings is 2. The topological polar surface area (TPSA) is 50.3 Å². The molecule has 1 saturated heterocycles. The third-order valence-electron chi connectivity index (χ3n) is 6.62. The van der Waals surface area contributed by atoms with E-state index in [4.69, 9.17) is 4.74 Å². The summed E-state index contributed by atoms with van der Waals surface area (Å²) in [7, 11) is 0. The van der Waals surface area contributed by atoms with Crippen LogP contribution in [0.3, 0.4) is 0 Å². The number of ether oxygens (including phenoxy) is 1. The molecule has 0 unspecified atom stereocenters. The van der Waals surface area contributed by atoms with Gasteiger partial charge in [0.2, 0.25) is 5.95 Å². The molecule has 192 valence electrons. The molecule has 0 bridgehead atoms. The summed E-state index contributed by atoms with van der Waals surface area (Å²) >= 11 is 0. The van der Waals surface area contributed by atoms with E-state index in [1.54, 1.807) is 18.2 Å². The number of aryl methyl sites for hydroxylation is 1. The van der Waals surface area contributed by atoms with Gasteiger partial charge in [0.05, 0.1) is 6.61 Å². The average Bonchev–Trinajstić information content (AvgIpc) is 2.89. The summed E-state index contributed by atoms with van der Waals surface area (Å²) < 4.78 is 36.7. The molecule has 3 aromatic rings. The predicted molar refractivity (Wildman–Crippen MR) is 140 cm³/mol. The molecule has 4 rings (SSSR count). The number of aromatic nitrogens is 2. The van der Waals surface area contributed by atoms with Gasteiger partial charge in [-0.2, -0.15) is 0 Å². The van der Waals surface area contributed by atoms with Gasteiger partial charge in [0.25, 0.3) is 0 Å². The minimum Gasteiger partial charge on any atom is -0.493 e. The normalized spacial score (nSPS) is 14.8. The summed E-state index contributed by atoms with van der Waals surface area (Å²) in [6.07, 6.45) is 6.53. The van der Waals surface area contributed by atoms with E-state index in [0.717, 1.165) is 43.9 Å². The van der Waals surface area contributed by atoms with Gasteiger partial charge in [-0.25, -0.2) is 18.7 Å². The summed E-state index contributed by atoms with van der Waals surface area (Å²) in [6, 6.07) is 10.7. The quantitative estimate of drug-likeness (QED) is 0.406. The number of nitrogens with zero attached hydrogens (tertiary/aromatic N) is 3. The Hall–Kier alpha value is -3.06. The number of anilines is 1. The minimum absolute atomic E-state index is 0.181. The van der Waals surface area contributed by atoms with Crippen LogP contribution in [0.25, 0.3) is 11.1 Å². The van der Waals surface area contributed by atoms with Gasteiger partial charge in [-0.3, -0.25) is 0 Å². The van der Waals surface area contributed by atoms with Gasteiger partial charge < -0.3 is 15.0 Å². The second-order valence-corrected chi connectivity index (χ2v) is 10.5. The van der Waals surface area contributed by atoms with E-state index < -0.39 is 11.6 Å². The zero-order valence-electron chi connectivity index (χ0n) is 21.7. The molecule has 0 spiro atoms. The van der Waals surface area contributed by atoms with Crippen molar-refractivity contribution in [2.24, 2.45) is 5.92 Å². The Labute approximate surface area is 212 Å². The van der Waals surface area contributed by atoms with Crippen LogP contribution < -0.4 is 15.0 Å². The first-order valence-electron chi connectivity index (χ1n) is 12.7. The molecule has 36 heavy (non-hydrogen) atoms. The molecule has 0 atom stereocenters. The molecule has 5 nitrogen and oxygen atoms in total. The van der Waals surface area contributed by atoms with Gasteiger partial charge in [0, 0.05) is 48.7 Å². The van der Waals surface area contributed by atoms with Crippen molar-refractivity contribution in [3.8, 4) is 16.9 Å². The molecule has 0 aliphatic carbocycles. The van der Waals surface area contributed by atoms with Crippen LogP contribution in [0.15, 0.2) is 48.8 Å². The number of halogens is 2. The highest BCUT2D eigenvalue weighted by Gasteiger charge is 2.25. The molecular weight excluding hydrogens is 458 g/mol. The maximum absolute atomic E-state index is 15.3. The minimum atomic E-state index is -0.856. The van der Waals surface area contributed by atoms with Crippen molar-refractivity contribution in [2.75, 3.05) is 24.6 Å². The lowest BCUT2D eigenvalue weighted by Gasteiger charge is -2.32. The van der Waals surface area contributed by atoms with E-state index >= 15 is 8.78 Å². The molecule has 2 heterocycles. The molecule has 1 fully saturated rings. The molecule has 0 amide bonds. The number of hydrogen-bond acceptors (Lipinski definition) is 5. The first-order chi connectivity index (χ1) is 17.2. The Balaban J connectivity index is 1.48. The maximum atomic E-state index is 15.3. The van der Waals surface area contributed by atoms with Crippen LogP contribution in [-0.2, 0) is 13.0 Å². The van der Waals surface area contributed by atoms with Crippen LogP contribution in [0.2, 0.25) is 0 Å². The Bertz CT molecular complexity index is 1140. The fourth-order valence-electron chi connectivity index (χ4n) is 4.32. The highest BCUT2D eigenvalue weighted by molar-refractivity contribution is 5.67. The van der Waals surface area contributed by atoms with Crippen molar-refractivity contribution in [2.45, 2.75) is 59.0 Å². The smallest absolute Gasteiger partial charge is 0.225 e. The van der Waals surface area contributed by atoms with Gasteiger partial charge in [0.15, 0.2) is 11.6 Å². The summed E-state index contributed by atoms with van der Waals surface area (Å²) in [6.45, 7) is 10.4. The van der Waals surface area contributed by atoms with Crippen LogP contribution >= 0.6 is 0 Å². The molecule has 0 radical (unpaired) electrons. The summed E-state index contributed by atoms with van der Waals surface area (Å²) in [4.78, 5) is 11.2. The standard InChI is InChI=1S/C29H36F2N4O/c1-5-20-16-32-28(33-17-20)35-13-11-21(12-14-35)19-36-25-15-23(22-9-7-6-8-10-22)26(30)27(31)24(25)18-34-29(2,3)4/h6-10,15-17,21,34H,5,11-14,18-19H2,1-4H3. The summed E-state index contributed by atoms with van der Waals surface area (Å²) in [5.41, 5.74) is 1.94. The number of piperidine rings is 1. The van der Waals surface area contributed by atoms with Gasteiger partial charge in [-0.1, -0.05) is 37.3 Å². The third-order valence-corrected chi connectivity index (χ3v) is 6.62. The lowest BCUT2D eigenvalue weighted by atomic mass is 9.97. The van der Waals surface area contributed by atoms with Gasteiger partial charge in [0.1, 0.15) is 5.75 Å². The van der Waals surface area contributed by atoms with Crippen molar-refractivity contribution in [1.82, 2.24) is 15.3 Å². The molecule has 1 N–H and O–H groups in total. The molecule has 2 aromatic carbocycles. The SMILES string of the molecule is CCc1cnc(N2CCC(COc3cc(-c4ccccc4)c(F)c(F)c3CNC(C)(C)C)CC2)nc1. The molecule has 0 saturated carbocycles. The predicted octanol–water partition coefficient (Wildman–Crippen LogP) is 6.17. The number of rotatable bonds is 8. The maximum Gasteiger partial charge on any atom is 0.225 e. The largest absolute Gasteiger partial charge is 0.493 e. The van der Waals surface area contributed by atoms with Crippen LogP contribution in [0.5, 0.6) is 5.75 Å². The Kier molecular flexibility index (Phi) is 8.19. The first kappa shape index (κ1) is 26.0. The Morgan fingerprint density at radius 2 is 1.69 bits per heavy atom. The van der Waals surface area contributed by atoms with Crippen molar-refractivity contribution in [3.05, 3.63) is 71.6 Å². The van der Waals surface area contributed by atoms with E-state index in [-0.39, 0.29) is 23.2 Å². The lowest BCUT2D eigenvalue weighted by Crippen LogP contribution is -2.37. The lowest BCUT2D eigenvalue weighted by molar-refractivity contribution is 0.218. The van der Waals surface area contributed by atoms with Crippen molar-refractivity contribution < 1.29 is 13.5 Å². The van der Waals surface area contributed by atoms with Gasteiger partial charge in [-0.05, 0) is 63.1 Å². The molecule has 7 heteroatoms. The van der Waals surface area contributed by atoms with E-state index in [9.17, 15) is 0 Å². The van der Waals surface area contributed by atoms with Gasteiger partial charge in [-0.15, -0.1) is 0 Å². The molecule has 1 aliphatic rings. The fraction of sp³-hybridized carbons (Fsp3) is 0.448. The molecular formula is C29H36F2N4O. The van der Waals surface area contributed by atoms with Crippen LogP contribution in [0, 0.1) is 17.6 Å². The van der Waals surface area contributed by atoms with E-state index in [1.807, 2.05) is 51.4 Å². The highest BCUT2D eigenvalue weighted by atomic mass is 19.2. The van der Waals surface area contributed by atoms with Crippen LogP contribution in [0.4, 0.5) is 14.7 Å². The van der Waals surface area contributed by atoms with Crippen molar-refractivity contribution >= 4 is 5.95 Å². The van der Waals surface area contributed by atoms with Gasteiger partial charge >= 0.3 is 0 Å². The second-order valence-electron chi connectivity index (χ2n) is 10.5. The van der Waals surface area contributed by atoms with E-state index in [1.165, 1.54) is 0 Å². The van der Waals surface area contributed by atoms with E-state index in [2.05, 4.69) is 27.1 Å². The third kappa shape index (κ3) is 6.38. The summed E-state index contributed by atoms with van der Waals surface area (Å²) in [5.74, 6) is -0.235. The second kappa shape index (κ2) is 11.3. The molecule has 1 aromatic heterocycles. The number of nitrogens with one attached hydrogen (secondary N) is 1. The zero-order chi connectivity index (χ0) is 25.7. The highest BCUT2D eigenvalue weighted by Crippen LogP contribution is 2.34. The Morgan fingerprint density at radius 1 is 1.03 bits per heavy atom. The van der Waals surface area contributed by atoms with Crippen LogP contribution in [-0.4, -0.2) is 35.2 Å². The first-order valence-corrected chi connectivity index (χ1v) is 12.7. The molecule has 1 aliphatic heterocycles. The van der Waals surface area contributed by atoms with E-state index in [0.29, 0.717) is 23.8 Å². The van der Waals surface area contributed by atoms with Crippen LogP contribution in [0.1, 0.15) is 51.7 Å². The monoisotopic (exact) mass is 494 g/mol.